The Morgan fingerprint density at radius 1 is 1.26 bits per heavy atom. The molecule has 2 aliphatic heterocycles. The average molecular weight is 448 g/mol. The van der Waals surface area contributed by atoms with Crippen LogP contribution in [0.3, 0.4) is 0 Å². The number of nitrogens with one attached hydrogen (secondary N) is 2. The Labute approximate surface area is 180 Å². The topological polar surface area (TPSA) is 118 Å². The first kappa shape index (κ1) is 21.4. The third-order valence-electron chi connectivity index (χ3n) is 5.62. The zero-order chi connectivity index (χ0) is 22.0. The molecule has 2 aromatic rings. The second-order valence-electron chi connectivity index (χ2n) is 7.64. The Bertz CT molecular complexity index is 1060. The van der Waals surface area contributed by atoms with Crippen molar-refractivity contribution >= 4 is 27.5 Å². The summed E-state index contributed by atoms with van der Waals surface area (Å²) in [6, 6.07) is 8.02. The van der Waals surface area contributed by atoms with Crippen molar-refractivity contribution < 1.29 is 27.2 Å². The van der Waals surface area contributed by atoms with Gasteiger partial charge in [0.1, 0.15) is 11.5 Å². The number of carbonyl (C=O) groups is 2. The SMILES string of the molecule is CCC1Oc2ccc(S(=O)(=O)N3CCC(C(=O)NCc4ccco4)CC3)cc2NC1=O. The molecule has 31 heavy (non-hydrogen) atoms. The van der Waals surface area contributed by atoms with Gasteiger partial charge >= 0.3 is 0 Å². The minimum atomic E-state index is -3.75. The molecule has 1 unspecified atom stereocenters. The molecule has 0 radical (unpaired) electrons. The van der Waals surface area contributed by atoms with Gasteiger partial charge in [-0.05, 0) is 49.6 Å². The molecule has 0 saturated carbocycles. The maximum absolute atomic E-state index is 13.1. The lowest BCUT2D eigenvalue weighted by molar-refractivity contribution is -0.126. The molecule has 1 fully saturated rings. The summed E-state index contributed by atoms with van der Waals surface area (Å²) in [5, 5.41) is 5.55. The number of nitrogens with zero attached hydrogens (tertiary/aromatic N) is 1. The Morgan fingerprint density at radius 3 is 2.71 bits per heavy atom. The first-order valence-corrected chi connectivity index (χ1v) is 11.7. The summed E-state index contributed by atoms with van der Waals surface area (Å²) in [6.45, 7) is 2.65. The van der Waals surface area contributed by atoms with Gasteiger partial charge in [-0.1, -0.05) is 6.92 Å². The van der Waals surface area contributed by atoms with Gasteiger partial charge in [0.05, 0.1) is 23.4 Å². The molecule has 1 saturated heterocycles. The molecule has 2 amide bonds. The Hall–Kier alpha value is -2.85. The van der Waals surface area contributed by atoms with E-state index in [9.17, 15) is 18.0 Å². The fraction of sp³-hybridized carbons (Fsp3) is 0.429. The van der Waals surface area contributed by atoms with Gasteiger partial charge < -0.3 is 19.8 Å². The Kier molecular flexibility index (Phi) is 6.01. The first-order chi connectivity index (χ1) is 14.9. The number of carbonyl (C=O) groups excluding carboxylic acids is 2. The highest BCUT2D eigenvalue weighted by molar-refractivity contribution is 7.89. The first-order valence-electron chi connectivity index (χ1n) is 10.3. The highest BCUT2D eigenvalue weighted by Gasteiger charge is 2.33. The number of furan rings is 1. The maximum atomic E-state index is 13.1. The summed E-state index contributed by atoms with van der Waals surface area (Å²) in [7, 11) is -3.75. The van der Waals surface area contributed by atoms with Gasteiger partial charge in [0.25, 0.3) is 5.91 Å². The largest absolute Gasteiger partial charge is 0.478 e. The van der Waals surface area contributed by atoms with Crippen LogP contribution in [0.25, 0.3) is 0 Å². The van der Waals surface area contributed by atoms with Gasteiger partial charge in [-0.3, -0.25) is 9.59 Å². The summed E-state index contributed by atoms with van der Waals surface area (Å²) < 4.78 is 38.4. The van der Waals surface area contributed by atoms with E-state index in [0.717, 1.165) is 0 Å². The minimum absolute atomic E-state index is 0.0887. The molecular weight excluding hydrogens is 422 g/mol. The van der Waals surface area contributed by atoms with Crippen LogP contribution in [0.1, 0.15) is 31.9 Å². The standard InChI is InChI=1S/C21H25N3O6S/c1-2-18-21(26)23-17-12-16(5-6-19(17)30-18)31(27,28)24-9-7-14(8-10-24)20(25)22-13-15-4-3-11-29-15/h3-6,11-12,14,18H,2,7-10,13H2,1H3,(H,22,25)(H,23,26). The van der Waals surface area contributed by atoms with E-state index in [1.165, 1.54) is 16.4 Å². The van der Waals surface area contributed by atoms with Gasteiger partial charge in [0.2, 0.25) is 15.9 Å². The monoisotopic (exact) mass is 447 g/mol. The normalized spacial score (nSPS) is 19.9. The van der Waals surface area contributed by atoms with Gasteiger partial charge in [0, 0.05) is 19.0 Å². The maximum Gasteiger partial charge on any atom is 0.265 e. The predicted octanol–water partition coefficient (Wildman–Crippen LogP) is 2.11. The third-order valence-corrected chi connectivity index (χ3v) is 7.52. The highest BCUT2D eigenvalue weighted by atomic mass is 32.2. The van der Waals surface area contributed by atoms with Crippen LogP contribution >= 0.6 is 0 Å². The summed E-state index contributed by atoms with van der Waals surface area (Å²) in [5.41, 5.74) is 0.350. The lowest BCUT2D eigenvalue weighted by Gasteiger charge is -2.31. The number of anilines is 1. The van der Waals surface area contributed by atoms with Crippen molar-refractivity contribution in [1.29, 1.82) is 0 Å². The van der Waals surface area contributed by atoms with E-state index in [1.54, 1.807) is 24.5 Å². The molecule has 2 N–H and O–H groups in total. The van der Waals surface area contributed by atoms with Gasteiger partial charge in [-0.15, -0.1) is 0 Å². The van der Waals surface area contributed by atoms with Crippen LogP contribution in [-0.4, -0.2) is 43.7 Å². The van der Waals surface area contributed by atoms with Gasteiger partial charge in [-0.25, -0.2) is 8.42 Å². The summed E-state index contributed by atoms with van der Waals surface area (Å²) in [5.74, 6) is 0.488. The van der Waals surface area contributed by atoms with E-state index in [4.69, 9.17) is 9.15 Å². The number of benzene rings is 1. The lowest BCUT2D eigenvalue weighted by Crippen LogP contribution is -2.43. The number of hydrogen-bond acceptors (Lipinski definition) is 6. The number of amides is 2. The van der Waals surface area contributed by atoms with Crippen molar-refractivity contribution in [2.75, 3.05) is 18.4 Å². The second kappa shape index (κ2) is 8.72. The summed E-state index contributed by atoms with van der Waals surface area (Å²) in [6.07, 6.45) is 2.37. The van der Waals surface area contributed by atoms with E-state index in [1.807, 2.05) is 6.92 Å². The van der Waals surface area contributed by atoms with Crippen LogP contribution in [0.5, 0.6) is 5.75 Å². The highest BCUT2D eigenvalue weighted by Crippen LogP contribution is 2.34. The van der Waals surface area contributed by atoms with Gasteiger partial charge in [0.15, 0.2) is 6.10 Å². The van der Waals surface area contributed by atoms with Crippen LogP contribution in [0.2, 0.25) is 0 Å². The Balaban J connectivity index is 1.38. The van der Waals surface area contributed by atoms with Crippen LogP contribution in [-0.2, 0) is 26.2 Å². The molecule has 166 valence electrons. The predicted molar refractivity (Wildman–Crippen MR) is 112 cm³/mol. The number of hydrogen-bond donors (Lipinski definition) is 2. The third kappa shape index (κ3) is 4.45. The van der Waals surface area contributed by atoms with Gasteiger partial charge in [-0.2, -0.15) is 4.31 Å². The fourth-order valence-corrected chi connectivity index (χ4v) is 5.29. The smallest absolute Gasteiger partial charge is 0.265 e. The van der Waals surface area contributed by atoms with Crippen molar-refractivity contribution in [1.82, 2.24) is 9.62 Å². The lowest BCUT2D eigenvalue weighted by atomic mass is 9.97. The van der Waals surface area contributed by atoms with Crippen LogP contribution < -0.4 is 15.4 Å². The van der Waals surface area contributed by atoms with Crippen molar-refractivity contribution in [2.45, 2.75) is 43.7 Å². The molecule has 9 nitrogen and oxygen atoms in total. The molecule has 1 aromatic carbocycles. The van der Waals surface area contributed by atoms with E-state index in [2.05, 4.69) is 10.6 Å². The average Bonchev–Trinajstić information content (AvgIpc) is 3.30. The van der Waals surface area contributed by atoms with E-state index in [-0.39, 0.29) is 35.7 Å². The molecule has 1 atom stereocenters. The van der Waals surface area contributed by atoms with Crippen molar-refractivity contribution in [2.24, 2.45) is 5.92 Å². The van der Waals surface area contributed by atoms with Crippen LogP contribution in [0.15, 0.2) is 45.9 Å². The Morgan fingerprint density at radius 2 is 2.03 bits per heavy atom. The van der Waals surface area contributed by atoms with Crippen molar-refractivity contribution in [3.63, 3.8) is 0 Å². The molecule has 4 rings (SSSR count). The zero-order valence-corrected chi connectivity index (χ0v) is 18.0. The quantitative estimate of drug-likeness (QED) is 0.700. The van der Waals surface area contributed by atoms with Crippen molar-refractivity contribution in [3.05, 3.63) is 42.4 Å². The number of rotatable bonds is 6. The molecule has 0 bridgehead atoms. The van der Waals surface area contributed by atoms with Crippen LogP contribution in [0.4, 0.5) is 5.69 Å². The number of sulfonamides is 1. The number of fused-ring (bicyclic) bond motifs is 1. The van der Waals surface area contributed by atoms with E-state index in [0.29, 0.717) is 43.0 Å². The van der Waals surface area contributed by atoms with Crippen LogP contribution in [0, 0.1) is 5.92 Å². The zero-order valence-electron chi connectivity index (χ0n) is 17.2. The molecule has 0 spiro atoms. The molecular formula is C21H25N3O6S. The minimum Gasteiger partial charge on any atom is -0.478 e. The molecule has 2 aliphatic rings. The van der Waals surface area contributed by atoms with Crippen molar-refractivity contribution in [3.8, 4) is 5.75 Å². The number of ether oxygens (including phenoxy) is 1. The molecule has 10 heteroatoms. The molecule has 1 aromatic heterocycles. The second-order valence-corrected chi connectivity index (χ2v) is 9.58. The molecule has 3 heterocycles. The summed E-state index contributed by atoms with van der Waals surface area (Å²) in [4.78, 5) is 24.5. The fourth-order valence-electron chi connectivity index (χ4n) is 3.80. The van der Waals surface area contributed by atoms with E-state index < -0.39 is 16.1 Å². The van der Waals surface area contributed by atoms with E-state index >= 15 is 0 Å². The number of piperidine rings is 1. The molecule has 0 aliphatic carbocycles. The summed E-state index contributed by atoms with van der Waals surface area (Å²) >= 11 is 0.